The van der Waals surface area contributed by atoms with Crippen molar-refractivity contribution in [1.82, 2.24) is 9.62 Å². The van der Waals surface area contributed by atoms with E-state index < -0.39 is 37.5 Å². The summed E-state index contributed by atoms with van der Waals surface area (Å²) in [6.45, 7) is 6.80. The van der Waals surface area contributed by atoms with Crippen LogP contribution in [0, 0.1) is 0 Å². The Kier molecular flexibility index (Phi) is 10.0. The van der Waals surface area contributed by atoms with Gasteiger partial charge in [-0.3, -0.25) is 0 Å². The zero-order valence-corrected chi connectivity index (χ0v) is 22.1. The number of para-hydroxylation sites is 1. The van der Waals surface area contributed by atoms with Crippen molar-refractivity contribution in [2.45, 2.75) is 56.2 Å². The first-order valence-corrected chi connectivity index (χ1v) is 14.2. The molecule has 198 valence electrons. The summed E-state index contributed by atoms with van der Waals surface area (Å²) in [5.74, 6) is -1.95. The van der Waals surface area contributed by atoms with Crippen LogP contribution >= 0.6 is 0 Å². The number of sulfone groups is 1. The third-order valence-corrected chi connectivity index (χ3v) is 8.93. The minimum atomic E-state index is -4.13. The molecule has 9 nitrogen and oxygen atoms in total. The Labute approximate surface area is 211 Å². The molecular weight excluding hydrogens is 511 g/mol. The molecule has 0 fully saturated rings. The van der Waals surface area contributed by atoms with Gasteiger partial charge in [-0.25, -0.2) is 26.0 Å². The number of hydrogen-bond acceptors (Lipinski definition) is 6. The summed E-state index contributed by atoms with van der Waals surface area (Å²) in [6.07, 6.45) is -0.520. The van der Waals surface area contributed by atoms with Gasteiger partial charge in [-0.15, -0.1) is 0 Å². The fourth-order valence-electron chi connectivity index (χ4n) is 3.59. The number of benzene rings is 2. The van der Waals surface area contributed by atoms with E-state index in [0.717, 1.165) is 6.08 Å². The Bertz CT molecular complexity index is 1280. The number of ether oxygens (including phenoxy) is 1. The van der Waals surface area contributed by atoms with Crippen LogP contribution in [0.3, 0.4) is 0 Å². The monoisotopic (exact) mass is 542 g/mol. The van der Waals surface area contributed by atoms with Gasteiger partial charge >= 0.3 is 6.09 Å². The van der Waals surface area contributed by atoms with E-state index >= 15 is 0 Å². The topological polar surface area (TPSA) is 130 Å². The van der Waals surface area contributed by atoms with E-state index in [1.165, 1.54) is 34.6 Å². The molecule has 0 saturated heterocycles. The molecule has 0 saturated carbocycles. The maximum atomic E-state index is 14.1. The van der Waals surface area contributed by atoms with Crippen LogP contribution in [0.1, 0.15) is 33.3 Å². The van der Waals surface area contributed by atoms with Crippen molar-refractivity contribution in [3.63, 3.8) is 0 Å². The molecular formula is C24H31FN2O7S2. The van der Waals surface area contributed by atoms with Crippen LogP contribution in [0.5, 0.6) is 5.75 Å². The second-order valence-corrected chi connectivity index (χ2v) is 12.3. The predicted molar refractivity (Wildman–Crippen MR) is 134 cm³/mol. The summed E-state index contributed by atoms with van der Waals surface area (Å²) in [6, 6.07) is 11.4. The van der Waals surface area contributed by atoms with Crippen LogP contribution < -0.4 is 10.1 Å². The first-order chi connectivity index (χ1) is 16.8. The van der Waals surface area contributed by atoms with Gasteiger partial charge in [-0.1, -0.05) is 24.3 Å². The average molecular weight is 543 g/mol. The molecule has 0 aliphatic heterocycles. The summed E-state index contributed by atoms with van der Waals surface area (Å²) in [4.78, 5) is 10.4. The van der Waals surface area contributed by atoms with E-state index in [9.17, 15) is 26.0 Å². The van der Waals surface area contributed by atoms with Crippen molar-refractivity contribution in [3.8, 4) is 5.75 Å². The second-order valence-electron chi connectivity index (χ2n) is 8.50. The summed E-state index contributed by atoms with van der Waals surface area (Å²) in [5.41, 5.74) is 0.604. The fourth-order valence-corrected chi connectivity index (χ4v) is 6.77. The van der Waals surface area contributed by atoms with Gasteiger partial charge in [0.15, 0.2) is 9.84 Å². The summed E-state index contributed by atoms with van der Waals surface area (Å²) in [7, 11) is -7.82. The SMILES string of the molecule is CC(C)N(C(C)C)S(=O)(=O)c1ccc(COc2ccccc2S(=O)(=O)CC(F)=CCNC(=O)O)cc1. The number of sulfonamides is 1. The van der Waals surface area contributed by atoms with Crippen LogP contribution in [0.4, 0.5) is 9.18 Å². The number of hydrogen-bond donors (Lipinski definition) is 2. The molecule has 0 spiro atoms. The van der Waals surface area contributed by atoms with Crippen LogP contribution in [0.25, 0.3) is 0 Å². The van der Waals surface area contributed by atoms with E-state index in [2.05, 4.69) is 0 Å². The summed E-state index contributed by atoms with van der Waals surface area (Å²) < 4.78 is 72.6. The van der Waals surface area contributed by atoms with E-state index in [4.69, 9.17) is 9.84 Å². The maximum absolute atomic E-state index is 14.1. The Hall–Kier alpha value is -2.96. The number of halogens is 1. The van der Waals surface area contributed by atoms with Crippen molar-refractivity contribution >= 4 is 26.0 Å². The molecule has 0 radical (unpaired) electrons. The zero-order valence-electron chi connectivity index (χ0n) is 20.5. The van der Waals surface area contributed by atoms with E-state index in [1.54, 1.807) is 45.9 Å². The molecule has 0 aliphatic carbocycles. The van der Waals surface area contributed by atoms with Crippen LogP contribution in [0.15, 0.2) is 70.2 Å². The first-order valence-electron chi connectivity index (χ1n) is 11.1. The molecule has 0 aliphatic rings. The van der Waals surface area contributed by atoms with Crippen molar-refractivity contribution in [2.24, 2.45) is 0 Å². The van der Waals surface area contributed by atoms with Crippen LogP contribution in [-0.2, 0) is 26.5 Å². The van der Waals surface area contributed by atoms with Gasteiger partial charge in [0.2, 0.25) is 10.0 Å². The lowest BCUT2D eigenvalue weighted by Gasteiger charge is -2.29. The highest BCUT2D eigenvalue weighted by atomic mass is 32.2. The highest BCUT2D eigenvalue weighted by Gasteiger charge is 2.29. The van der Waals surface area contributed by atoms with Gasteiger partial charge in [-0.2, -0.15) is 4.31 Å². The number of carboxylic acid groups (broad SMARTS) is 1. The third-order valence-electron chi connectivity index (χ3n) is 5.00. The largest absolute Gasteiger partial charge is 0.488 e. The van der Waals surface area contributed by atoms with E-state index in [1.807, 2.05) is 5.32 Å². The normalized spacial score (nSPS) is 12.8. The predicted octanol–water partition coefficient (Wildman–Crippen LogP) is 3.97. The van der Waals surface area contributed by atoms with E-state index in [-0.39, 0.29) is 40.8 Å². The van der Waals surface area contributed by atoms with Gasteiger partial charge in [-0.05, 0) is 63.6 Å². The van der Waals surface area contributed by atoms with Crippen molar-refractivity contribution in [1.29, 1.82) is 0 Å². The molecule has 0 heterocycles. The Morgan fingerprint density at radius 3 is 2.17 bits per heavy atom. The lowest BCUT2D eigenvalue weighted by molar-refractivity contribution is 0.195. The minimum absolute atomic E-state index is 0.0106. The van der Waals surface area contributed by atoms with E-state index in [0.29, 0.717) is 5.56 Å². The van der Waals surface area contributed by atoms with Crippen LogP contribution in [0.2, 0.25) is 0 Å². The quantitative estimate of drug-likeness (QED) is 0.415. The maximum Gasteiger partial charge on any atom is 0.404 e. The zero-order chi connectivity index (χ0) is 27.1. The number of nitrogens with zero attached hydrogens (tertiary/aromatic N) is 1. The average Bonchev–Trinajstić information content (AvgIpc) is 2.76. The fraction of sp³-hybridized carbons (Fsp3) is 0.375. The standard InChI is InChI=1S/C24H31FN2O7S2/c1-17(2)27(18(3)4)36(32,33)21-11-9-19(10-12-21)15-34-22-7-5-6-8-23(22)35(30,31)16-20(25)13-14-26-24(28)29/h5-13,17-18,26H,14-16H2,1-4H3,(H,28,29). The number of carbonyl (C=O) groups is 1. The molecule has 0 unspecified atom stereocenters. The van der Waals surface area contributed by atoms with Crippen molar-refractivity contribution in [3.05, 3.63) is 66.0 Å². The first kappa shape index (κ1) is 29.3. The van der Waals surface area contributed by atoms with Gasteiger partial charge in [0.05, 0.1) is 4.90 Å². The van der Waals surface area contributed by atoms with Gasteiger partial charge in [0.1, 0.15) is 28.8 Å². The molecule has 2 aromatic carbocycles. The third kappa shape index (κ3) is 7.77. The smallest absolute Gasteiger partial charge is 0.404 e. The molecule has 2 aromatic rings. The number of nitrogens with one attached hydrogen (secondary N) is 1. The molecule has 1 amide bonds. The number of amides is 1. The molecule has 2 N–H and O–H groups in total. The van der Waals surface area contributed by atoms with Gasteiger partial charge < -0.3 is 15.2 Å². The van der Waals surface area contributed by atoms with Gasteiger partial charge in [0.25, 0.3) is 0 Å². The molecule has 2 rings (SSSR count). The lowest BCUT2D eigenvalue weighted by atomic mass is 10.2. The second kappa shape index (κ2) is 12.3. The number of rotatable bonds is 12. The molecule has 0 bridgehead atoms. The summed E-state index contributed by atoms with van der Waals surface area (Å²) >= 11 is 0. The molecule has 0 atom stereocenters. The van der Waals surface area contributed by atoms with Gasteiger partial charge in [0, 0.05) is 18.6 Å². The van der Waals surface area contributed by atoms with Crippen molar-refractivity contribution < 1.29 is 35.9 Å². The summed E-state index contributed by atoms with van der Waals surface area (Å²) in [5, 5.41) is 10.4. The highest BCUT2D eigenvalue weighted by molar-refractivity contribution is 7.91. The Morgan fingerprint density at radius 2 is 1.61 bits per heavy atom. The molecule has 12 heteroatoms. The highest BCUT2D eigenvalue weighted by Crippen LogP contribution is 2.27. The Morgan fingerprint density at radius 1 is 1.03 bits per heavy atom. The molecule has 0 aromatic heterocycles. The minimum Gasteiger partial charge on any atom is -0.488 e. The lowest BCUT2D eigenvalue weighted by Crippen LogP contribution is -2.41. The van der Waals surface area contributed by atoms with Crippen molar-refractivity contribution in [2.75, 3.05) is 12.3 Å². The van der Waals surface area contributed by atoms with Crippen LogP contribution in [-0.4, -0.2) is 56.7 Å². The molecule has 36 heavy (non-hydrogen) atoms. The Balaban J connectivity index is 2.17.